The molecular formula is C49H82N2. The first-order valence-corrected chi connectivity index (χ1v) is 22.1. The average Bonchev–Trinajstić information content (AvgIpc) is 3.10. The zero-order chi connectivity index (χ0) is 37.6. The molecule has 51 heavy (non-hydrogen) atoms. The number of nitrogens with one attached hydrogen (secondary N) is 2. The maximum Gasteiger partial charge on any atom is 0.0380 e. The van der Waals surface area contributed by atoms with Crippen LogP contribution in [0.1, 0.15) is 218 Å². The van der Waals surface area contributed by atoms with Crippen LogP contribution in [0.5, 0.6) is 0 Å². The third-order valence-electron chi connectivity index (χ3n) is 14.3. The van der Waals surface area contributed by atoms with Crippen molar-refractivity contribution in [1.29, 1.82) is 0 Å². The highest BCUT2D eigenvalue weighted by atomic mass is 14.9. The van der Waals surface area contributed by atoms with Crippen molar-refractivity contribution < 1.29 is 0 Å². The smallest absolute Gasteiger partial charge is 0.0380 e. The minimum absolute atomic E-state index is 0.526. The van der Waals surface area contributed by atoms with Gasteiger partial charge in [0.25, 0.3) is 0 Å². The second-order valence-electron chi connectivity index (χ2n) is 18.8. The van der Waals surface area contributed by atoms with E-state index in [1.54, 1.807) is 33.4 Å². The summed E-state index contributed by atoms with van der Waals surface area (Å²) in [5, 5.41) is 8.52. The number of hydrogen-bond acceptors (Lipinski definition) is 2. The molecule has 288 valence electrons. The summed E-state index contributed by atoms with van der Waals surface area (Å²) in [6.45, 7) is 34.3. The lowest BCUT2D eigenvalue weighted by molar-refractivity contribution is 0.212. The van der Waals surface area contributed by atoms with Crippen LogP contribution < -0.4 is 10.6 Å². The lowest BCUT2D eigenvalue weighted by Crippen LogP contribution is -2.38. The van der Waals surface area contributed by atoms with Gasteiger partial charge in [-0.2, -0.15) is 0 Å². The van der Waals surface area contributed by atoms with Crippen molar-refractivity contribution in [2.24, 2.45) is 35.5 Å². The monoisotopic (exact) mass is 699 g/mol. The first kappa shape index (κ1) is 41.8. The molecular weight excluding hydrogens is 617 g/mol. The average molecular weight is 699 g/mol. The van der Waals surface area contributed by atoms with Crippen molar-refractivity contribution >= 4 is 11.4 Å². The van der Waals surface area contributed by atoms with E-state index >= 15 is 0 Å². The van der Waals surface area contributed by atoms with Gasteiger partial charge >= 0.3 is 0 Å². The second-order valence-corrected chi connectivity index (χ2v) is 18.8. The predicted octanol–water partition coefficient (Wildman–Crippen LogP) is 15.1. The molecule has 2 saturated carbocycles. The number of rotatable bonds is 16. The number of hydrogen-bond donors (Lipinski definition) is 2. The van der Waals surface area contributed by atoms with Gasteiger partial charge < -0.3 is 10.6 Å². The Bertz CT molecular complexity index is 1270. The Kier molecular flexibility index (Phi) is 15.5. The predicted molar refractivity (Wildman–Crippen MR) is 228 cm³/mol. The van der Waals surface area contributed by atoms with E-state index in [1.165, 1.54) is 75.6 Å². The quantitative estimate of drug-likeness (QED) is 0.182. The van der Waals surface area contributed by atoms with Crippen molar-refractivity contribution in [1.82, 2.24) is 0 Å². The van der Waals surface area contributed by atoms with Gasteiger partial charge in [-0.1, -0.05) is 122 Å². The summed E-state index contributed by atoms with van der Waals surface area (Å²) in [7, 11) is 0. The van der Waals surface area contributed by atoms with Crippen molar-refractivity contribution in [3.63, 3.8) is 0 Å². The molecule has 2 heteroatoms. The van der Waals surface area contributed by atoms with E-state index in [1.807, 2.05) is 0 Å². The van der Waals surface area contributed by atoms with Gasteiger partial charge in [0.2, 0.25) is 0 Å². The Hall–Kier alpha value is -1.96. The summed E-state index contributed by atoms with van der Waals surface area (Å²) in [5.74, 6) is 6.62. The van der Waals surface area contributed by atoms with Gasteiger partial charge in [-0.05, 0) is 162 Å². The molecule has 0 heterocycles. The summed E-state index contributed by atoms with van der Waals surface area (Å²) >= 11 is 0. The topological polar surface area (TPSA) is 24.1 Å². The van der Waals surface area contributed by atoms with E-state index in [2.05, 4.69) is 132 Å². The van der Waals surface area contributed by atoms with E-state index < -0.39 is 0 Å². The van der Waals surface area contributed by atoms with Gasteiger partial charge in [-0.25, -0.2) is 0 Å². The van der Waals surface area contributed by atoms with Gasteiger partial charge in [-0.15, -0.1) is 0 Å². The molecule has 10 atom stereocenters. The van der Waals surface area contributed by atoms with Crippen LogP contribution in [-0.4, -0.2) is 12.1 Å². The first-order valence-electron chi connectivity index (χ1n) is 22.1. The zero-order valence-corrected chi connectivity index (χ0v) is 36.0. The van der Waals surface area contributed by atoms with E-state index in [-0.39, 0.29) is 0 Å². The van der Waals surface area contributed by atoms with E-state index in [4.69, 9.17) is 0 Å². The molecule has 2 aliphatic rings. The molecule has 10 unspecified atom stereocenters. The fourth-order valence-corrected chi connectivity index (χ4v) is 10.3. The summed E-state index contributed by atoms with van der Waals surface area (Å²) in [6, 6.07) is 11.2. The number of benzene rings is 2. The maximum absolute atomic E-state index is 4.26. The molecule has 4 rings (SSSR count). The van der Waals surface area contributed by atoms with Crippen LogP contribution in [0.2, 0.25) is 0 Å². The Balaban J connectivity index is 1.85. The molecule has 2 aromatic rings. The molecule has 0 aliphatic heterocycles. The lowest BCUT2D eigenvalue weighted by Gasteiger charge is -2.40. The normalized spacial score (nSPS) is 26.6. The van der Waals surface area contributed by atoms with Crippen LogP contribution in [0.25, 0.3) is 0 Å². The summed E-state index contributed by atoms with van der Waals surface area (Å²) in [5.41, 5.74) is 12.5. The van der Waals surface area contributed by atoms with Crippen LogP contribution in [0.4, 0.5) is 11.4 Å². The summed E-state index contributed by atoms with van der Waals surface area (Å²) in [4.78, 5) is 0. The Morgan fingerprint density at radius 2 is 0.824 bits per heavy atom. The molecule has 0 saturated heterocycles. The standard InChI is InChI=1S/C49H82N2/c1-15-34(11)46-38(21-25-42(48(46)36(13)17-3)50-44-27-32(9)19-23-40(44)30(5)6)29-39-22-26-43(49(37(14)18-4)47(39)35(12)16-2)51-45-28-33(10)20-24-41(45)31(7)8/h21-22,25-26,30-37,40-41,44-45,50-51H,15-20,23-24,27-29H2,1-14H3. The Labute approximate surface area is 317 Å². The molecule has 2 N–H and O–H groups in total. The van der Waals surface area contributed by atoms with E-state index in [0.717, 1.165) is 30.1 Å². The Morgan fingerprint density at radius 3 is 1.14 bits per heavy atom. The van der Waals surface area contributed by atoms with Crippen molar-refractivity contribution in [3.05, 3.63) is 57.6 Å². The SMILES string of the molecule is CCC(C)c1c(Cc2ccc(NC3CC(C)CCC3C(C)C)c(C(C)CC)c2C(C)CC)ccc(NC2CC(C)CCC2C(C)C)c1C(C)CC. The number of anilines is 2. The van der Waals surface area contributed by atoms with Gasteiger partial charge in [0.15, 0.2) is 0 Å². The minimum Gasteiger partial charge on any atom is -0.382 e. The molecule has 0 radical (unpaired) electrons. The van der Waals surface area contributed by atoms with Crippen molar-refractivity contribution in [2.45, 2.75) is 203 Å². The van der Waals surface area contributed by atoms with Gasteiger partial charge in [0.1, 0.15) is 0 Å². The van der Waals surface area contributed by atoms with Crippen LogP contribution in [0.15, 0.2) is 24.3 Å². The molecule has 2 aliphatic carbocycles. The largest absolute Gasteiger partial charge is 0.382 e. The van der Waals surface area contributed by atoms with Crippen LogP contribution in [0, 0.1) is 35.5 Å². The third kappa shape index (κ3) is 9.78. The summed E-state index contributed by atoms with van der Waals surface area (Å²) < 4.78 is 0. The Morgan fingerprint density at radius 1 is 0.490 bits per heavy atom. The lowest BCUT2D eigenvalue weighted by atomic mass is 9.73. The summed E-state index contributed by atoms with van der Waals surface area (Å²) in [6.07, 6.45) is 13.7. The third-order valence-corrected chi connectivity index (χ3v) is 14.3. The first-order chi connectivity index (χ1) is 24.3. The highest BCUT2D eigenvalue weighted by Crippen LogP contribution is 2.45. The molecule has 0 bridgehead atoms. The highest BCUT2D eigenvalue weighted by Gasteiger charge is 2.34. The zero-order valence-electron chi connectivity index (χ0n) is 36.0. The minimum atomic E-state index is 0.526. The maximum atomic E-state index is 4.26. The van der Waals surface area contributed by atoms with Gasteiger partial charge in [0, 0.05) is 23.5 Å². The molecule has 0 aromatic heterocycles. The van der Waals surface area contributed by atoms with Crippen LogP contribution >= 0.6 is 0 Å². The van der Waals surface area contributed by atoms with E-state index in [0.29, 0.717) is 47.6 Å². The molecule has 2 fully saturated rings. The van der Waals surface area contributed by atoms with E-state index in [9.17, 15) is 0 Å². The second kappa shape index (κ2) is 18.9. The van der Waals surface area contributed by atoms with Crippen molar-refractivity contribution in [2.75, 3.05) is 10.6 Å². The van der Waals surface area contributed by atoms with Crippen LogP contribution in [0.3, 0.4) is 0 Å². The van der Waals surface area contributed by atoms with Gasteiger partial charge in [0.05, 0.1) is 0 Å². The van der Waals surface area contributed by atoms with Crippen LogP contribution in [-0.2, 0) is 6.42 Å². The molecule has 2 nitrogen and oxygen atoms in total. The van der Waals surface area contributed by atoms with Gasteiger partial charge in [-0.3, -0.25) is 0 Å². The van der Waals surface area contributed by atoms with Crippen molar-refractivity contribution in [3.8, 4) is 0 Å². The fraction of sp³-hybridized carbons (Fsp3) is 0.755. The molecule has 2 aromatic carbocycles. The fourth-order valence-electron chi connectivity index (χ4n) is 10.3. The molecule has 0 amide bonds. The molecule has 0 spiro atoms. The highest BCUT2D eigenvalue weighted by molar-refractivity contribution is 5.64.